The summed E-state index contributed by atoms with van der Waals surface area (Å²) in [4.78, 5) is 11.1. The number of carbonyl (C=O) groups is 1. The molecule has 1 aromatic heterocycles. The summed E-state index contributed by atoms with van der Waals surface area (Å²) in [6.07, 6.45) is 0. The van der Waals surface area contributed by atoms with E-state index in [0.717, 1.165) is 16.5 Å². The first-order valence-corrected chi connectivity index (χ1v) is 5.18. The lowest BCUT2D eigenvalue weighted by atomic mass is 10.1. The van der Waals surface area contributed by atoms with E-state index in [1.165, 1.54) is 0 Å². The summed E-state index contributed by atoms with van der Waals surface area (Å²) in [7, 11) is 3.29. The number of aryl methyl sites for hydroxylation is 1. The predicted octanol–water partition coefficient (Wildman–Crippen LogP) is 1.34. The van der Waals surface area contributed by atoms with Gasteiger partial charge in [-0.2, -0.15) is 0 Å². The Morgan fingerprint density at radius 2 is 2.24 bits per heavy atom. The third-order valence-corrected chi connectivity index (χ3v) is 2.94. The summed E-state index contributed by atoms with van der Waals surface area (Å²) in [6, 6.07) is 5.26. The summed E-state index contributed by atoms with van der Waals surface area (Å²) in [6.45, 7) is 0.309. The molecule has 0 bridgehead atoms. The van der Waals surface area contributed by atoms with Crippen molar-refractivity contribution in [2.45, 2.75) is 6.54 Å². The zero-order valence-corrected chi connectivity index (χ0v) is 9.73. The number of fused-ring (bicyclic) bond motifs is 1. The average Bonchev–Trinajstić information content (AvgIpc) is 2.65. The van der Waals surface area contributed by atoms with Crippen LogP contribution in [0.4, 0.5) is 0 Å². The van der Waals surface area contributed by atoms with E-state index in [1.54, 1.807) is 30.9 Å². The first kappa shape index (κ1) is 11.5. The molecule has 0 fully saturated rings. The molecule has 0 radical (unpaired) electrons. The van der Waals surface area contributed by atoms with Crippen molar-refractivity contribution in [3.8, 4) is 5.75 Å². The van der Waals surface area contributed by atoms with Gasteiger partial charge in [0.2, 0.25) is 0 Å². The highest BCUT2D eigenvalue weighted by Gasteiger charge is 2.16. The van der Waals surface area contributed by atoms with E-state index in [2.05, 4.69) is 0 Å². The van der Waals surface area contributed by atoms with E-state index < -0.39 is 5.97 Å². The van der Waals surface area contributed by atoms with Crippen LogP contribution in [0.1, 0.15) is 16.1 Å². The Bertz CT molecular complexity index is 587. The smallest absolute Gasteiger partial charge is 0.352 e. The van der Waals surface area contributed by atoms with Crippen molar-refractivity contribution in [2.75, 3.05) is 7.11 Å². The van der Waals surface area contributed by atoms with Crippen molar-refractivity contribution in [3.63, 3.8) is 0 Å². The molecule has 17 heavy (non-hydrogen) atoms. The number of benzene rings is 1. The van der Waals surface area contributed by atoms with Gasteiger partial charge in [-0.05, 0) is 18.2 Å². The second-order valence-electron chi connectivity index (χ2n) is 3.78. The summed E-state index contributed by atoms with van der Waals surface area (Å²) in [5.74, 6) is -0.270. The molecule has 5 heteroatoms. The highest BCUT2D eigenvalue weighted by Crippen LogP contribution is 2.29. The summed E-state index contributed by atoms with van der Waals surface area (Å²) < 4.78 is 6.85. The minimum Gasteiger partial charge on any atom is -0.496 e. The molecule has 0 saturated heterocycles. The van der Waals surface area contributed by atoms with Crippen LogP contribution in [0.5, 0.6) is 5.75 Å². The molecule has 90 valence electrons. The number of carboxylic acids is 1. The summed E-state index contributed by atoms with van der Waals surface area (Å²) in [5.41, 5.74) is 7.59. The molecule has 3 N–H and O–H groups in total. The minimum atomic E-state index is -0.953. The SMILES string of the molecule is COc1ccc2c(cc(C(=O)O)n2C)c1CN. The second-order valence-corrected chi connectivity index (χ2v) is 3.78. The van der Waals surface area contributed by atoms with Crippen LogP contribution in [0.15, 0.2) is 18.2 Å². The van der Waals surface area contributed by atoms with Crippen LogP contribution >= 0.6 is 0 Å². The van der Waals surface area contributed by atoms with Crippen LogP contribution in [0, 0.1) is 0 Å². The van der Waals surface area contributed by atoms with E-state index in [1.807, 2.05) is 6.07 Å². The van der Waals surface area contributed by atoms with Crippen LogP contribution in [0.3, 0.4) is 0 Å². The Balaban J connectivity index is 2.81. The third-order valence-electron chi connectivity index (χ3n) is 2.94. The molecule has 0 atom stereocenters. The number of ether oxygens (including phenoxy) is 1. The molecule has 0 aliphatic heterocycles. The Kier molecular flexibility index (Phi) is 2.77. The molecule has 0 aliphatic carbocycles. The number of nitrogens with zero attached hydrogens (tertiary/aromatic N) is 1. The first-order valence-electron chi connectivity index (χ1n) is 5.18. The van der Waals surface area contributed by atoms with Crippen LogP contribution < -0.4 is 10.5 Å². The molecule has 0 saturated carbocycles. The minimum absolute atomic E-state index is 0.239. The van der Waals surface area contributed by atoms with E-state index >= 15 is 0 Å². The number of carboxylic acid groups (broad SMARTS) is 1. The Morgan fingerprint density at radius 3 is 2.76 bits per heavy atom. The van der Waals surface area contributed by atoms with Gasteiger partial charge in [0.05, 0.1) is 7.11 Å². The van der Waals surface area contributed by atoms with Crippen LogP contribution in [0.2, 0.25) is 0 Å². The van der Waals surface area contributed by atoms with Crippen molar-refractivity contribution in [1.29, 1.82) is 0 Å². The maximum absolute atomic E-state index is 11.1. The molecule has 0 aliphatic rings. The lowest BCUT2D eigenvalue weighted by Gasteiger charge is -2.08. The Hall–Kier alpha value is -2.01. The van der Waals surface area contributed by atoms with Gasteiger partial charge >= 0.3 is 5.97 Å². The first-order chi connectivity index (χ1) is 8.10. The number of aromatic nitrogens is 1. The molecule has 0 amide bonds. The fourth-order valence-corrected chi connectivity index (χ4v) is 2.06. The van der Waals surface area contributed by atoms with E-state index in [9.17, 15) is 4.79 Å². The van der Waals surface area contributed by atoms with Gasteiger partial charge in [-0.1, -0.05) is 0 Å². The quantitative estimate of drug-likeness (QED) is 0.840. The van der Waals surface area contributed by atoms with Gasteiger partial charge < -0.3 is 20.1 Å². The van der Waals surface area contributed by atoms with Gasteiger partial charge in [0.15, 0.2) is 0 Å². The van der Waals surface area contributed by atoms with Crippen LogP contribution in [-0.4, -0.2) is 22.8 Å². The molecule has 2 rings (SSSR count). The maximum Gasteiger partial charge on any atom is 0.352 e. The van der Waals surface area contributed by atoms with Crippen molar-refractivity contribution >= 4 is 16.9 Å². The highest BCUT2D eigenvalue weighted by molar-refractivity contribution is 5.96. The third kappa shape index (κ3) is 1.64. The van der Waals surface area contributed by atoms with Gasteiger partial charge in [0.1, 0.15) is 11.4 Å². The number of rotatable bonds is 3. The maximum atomic E-state index is 11.1. The fraction of sp³-hybridized carbons (Fsp3) is 0.250. The zero-order chi connectivity index (χ0) is 12.6. The zero-order valence-electron chi connectivity index (χ0n) is 9.73. The molecule has 1 aromatic carbocycles. The molecule has 0 unspecified atom stereocenters. The van der Waals surface area contributed by atoms with Gasteiger partial charge in [-0.15, -0.1) is 0 Å². The summed E-state index contributed by atoms with van der Waals surface area (Å²) >= 11 is 0. The number of hydrogen-bond donors (Lipinski definition) is 2. The van der Waals surface area contributed by atoms with E-state index in [0.29, 0.717) is 12.3 Å². The lowest BCUT2D eigenvalue weighted by Crippen LogP contribution is -2.03. The Morgan fingerprint density at radius 1 is 1.53 bits per heavy atom. The largest absolute Gasteiger partial charge is 0.496 e. The van der Waals surface area contributed by atoms with Gasteiger partial charge in [0.25, 0.3) is 0 Å². The van der Waals surface area contributed by atoms with Gasteiger partial charge in [0, 0.05) is 30.1 Å². The lowest BCUT2D eigenvalue weighted by molar-refractivity contribution is 0.0687. The molecule has 1 heterocycles. The highest BCUT2D eigenvalue weighted by atomic mass is 16.5. The van der Waals surface area contributed by atoms with Crippen molar-refractivity contribution in [1.82, 2.24) is 4.57 Å². The number of nitrogens with two attached hydrogens (primary N) is 1. The normalized spacial score (nSPS) is 10.8. The Labute approximate surface area is 98.4 Å². The van der Waals surface area contributed by atoms with Crippen molar-refractivity contribution < 1.29 is 14.6 Å². The second kappa shape index (κ2) is 4.10. The molecule has 5 nitrogen and oxygen atoms in total. The van der Waals surface area contributed by atoms with Gasteiger partial charge in [-0.3, -0.25) is 0 Å². The van der Waals surface area contributed by atoms with E-state index in [-0.39, 0.29) is 5.69 Å². The van der Waals surface area contributed by atoms with Gasteiger partial charge in [-0.25, -0.2) is 4.79 Å². The molecule has 2 aromatic rings. The monoisotopic (exact) mass is 234 g/mol. The van der Waals surface area contributed by atoms with Crippen LogP contribution in [0.25, 0.3) is 10.9 Å². The topological polar surface area (TPSA) is 77.5 Å². The standard InChI is InChI=1S/C12H14N2O3/c1-14-9-3-4-11(17-2)8(6-13)7(9)5-10(14)12(15)16/h3-5H,6,13H2,1-2H3,(H,15,16). The van der Waals surface area contributed by atoms with Crippen molar-refractivity contribution in [3.05, 3.63) is 29.5 Å². The number of aromatic carboxylic acids is 1. The van der Waals surface area contributed by atoms with Crippen molar-refractivity contribution in [2.24, 2.45) is 12.8 Å². The molecular weight excluding hydrogens is 220 g/mol. The molecule has 0 spiro atoms. The number of methoxy groups -OCH3 is 1. The van der Waals surface area contributed by atoms with Crippen LogP contribution in [-0.2, 0) is 13.6 Å². The average molecular weight is 234 g/mol. The number of hydrogen-bond acceptors (Lipinski definition) is 3. The predicted molar refractivity (Wildman–Crippen MR) is 64.3 cm³/mol. The molecular formula is C12H14N2O3. The fourth-order valence-electron chi connectivity index (χ4n) is 2.06. The summed E-state index contributed by atoms with van der Waals surface area (Å²) in [5, 5.41) is 9.90. The van der Waals surface area contributed by atoms with E-state index in [4.69, 9.17) is 15.6 Å².